The Morgan fingerprint density at radius 1 is 1.40 bits per heavy atom. The van der Waals surface area contributed by atoms with Crippen LogP contribution >= 0.6 is 0 Å². The van der Waals surface area contributed by atoms with Crippen LogP contribution < -0.4 is 16.4 Å². The topological polar surface area (TPSA) is 104 Å². The van der Waals surface area contributed by atoms with Crippen molar-refractivity contribution in [1.82, 2.24) is 10.6 Å². The van der Waals surface area contributed by atoms with Crippen LogP contribution in [-0.2, 0) is 4.79 Å². The molecule has 0 aromatic carbocycles. The number of amides is 2. The highest BCUT2D eigenvalue weighted by Crippen LogP contribution is 2.25. The van der Waals surface area contributed by atoms with Crippen molar-refractivity contribution in [2.75, 3.05) is 13.1 Å². The highest BCUT2D eigenvalue weighted by atomic mass is 16.4. The van der Waals surface area contributed by atoms with Crippen molar-refractivity contribution in [2.45, 2.75) is 25.3 Å². The summed E-state index contributed by atoms with van der Waals surface area (Å²) in [5, 5.41) is 14.1. The van der Waals surface area contributed by atoms with E-state index in [1.54, 1.807) is 0 Å². The van der Waals surface area contributed by atoms with Gasteiger partial charge in [0.15, 0.2) is 0 Å². The van der Waals surface area contributed by atoms with Gasteiger partial charge in [-0.25, -0.2) is 4.79 Å². The van der Waals surface area contributed by atoms with E-state index in [-0.39, 0.29) is 18.0 Å². The Morgan fingerprint density at radius 3 is 2.67 bits per heavy atom. The molecule has 0 saturated heterocycles. The largest absolute Gasteiger partial charge is 0.481 e. The van der Waals surface area contributed by atoms with Crippen molar-refractivity contribution in [3.05, 3.63) is 0 Å². The quantitative estimate of drug-likeness (QED) is 0.507. The van der Waals surface area contributed by atoms with Gasteiger partial charge in [0.2, 0.25) is 0 Å². The van der Waals surface area contributed by atoms with Gasteiger partial charge in [0.25, 0.3) is 0 Å². The van der Waals surface area contributed by atoms with E-state index in [0.29, 0.717) is 25.9 Å². The number of nitrogens with two attached hydrogens (primary N) is 1. The molecule has 0 spiro atoms. The lowest BCUT2D eigenvalue weighted by Gasteiger charge is -2.12. The maximum atomic E-state index is 11.2. The molecule has 6 nitrogen and oxygen atoms in total. The van der Waals surface area contributed by atoms with Crippen molar-refractivity contribution in [2.24, 2.45) is 11.7 Å². The monoisotopic (exact) mass is 215 g/mol. The fraction of sp³-hybridized carbons (Fsp3) is 0.778. The summed E-state index contributed by atoms with van der Waals surface area (Å²) in [6.45, 7) is 0.830. The molecule has 2 atom stereocenters. The first-order valence-electron chi connectivity index (χ1n) is 5.10. The Labute approximate surface area is 88.2 Å². The number of nitrogens with one attached hydrogen (secondary N) is 2. The molecule has 1 rings (SSSR count). The summed E-state index contributed by atoms with van der Waals surface area (Å²) < 4.78 is 0. The van der Waals surface area contributed by atoms with E-state index in [4.69, 9.17) is 10.8 Å². The van der Waals surface area contributed by atoms with Gasteiger partial charge in [0.1, 0.15) is 0 Å². The van der Waals surface area contributed by atoms with Crippen molar-refractivity contribution in [1.29, 1.82) is 0 Å². The molecule has 0 aliphatic heterocycles. The molecular formula is C9H17N3O3. The SMILES string of the molecule is NCCNC(=O)N[C@H]1CC[C@@H](C(=O)O)C1. The summed E-state index contributed by atoms with van der Waals surface area (Å²) in [7, 11) is 0. The van der Waals surface area contributed by atoms with E-state index < -0.39 is 5.97 Å². The summed E-state index contributed by atoms with van der Waals surface area (Å²) in [4.78, 5) is 21.9. The lowest BCUT2D eigenvalue weighted by Crippen LogP contribution is -2.42. The van der Waals surface area contributed by atoms with Crippen LogP contribution in [0.15, 0.2) is 0 Å². The third kappa shape index (κ3) is 3.75. The van der Waals surface area contributed by atoms with Gasteiger partial charge in [0.05, 0.1) is 5.92 Å². The van der Waals surface area contributed by atoms with E-state index in [9.17, 15) is 9.59 Å². The highest BCUT2D eigenvalue weighted by Gasteiger charge is 2.30. The lowest BCUT2D eigenvalue weighted by atomic mass is 10.1. The standard InChI is InChI=1S/C9H17N3O3/c10-3-4-11-9(15)12-7-2-1-6(5-7)8(13)14/h6-7H,1-5,10H2,(H,13,14)(H2,11,12,15)/t6-,7+/m1/s1. The predicted octanol–water partition coefficient (Wildman–Crippen LogP) is -0.502. The molecule has 1 aliphatic carbocycles. The maximum Gasteiger partial charge on any atom is 0.315 e. The lowest BCUT2D eigenvalue weighted by molar-refractivity contribution is -0.141. The summed E-state index contributed by atoms with van der Waals surface area (Å²) in [5.41, 5.74) is 5.23. The summed E-state index contributed by atoms with van der Waals surface area (Å²) >= 11 is 0. The van der Waals surface area contributed by atoms with Crippen molar-refractivity contribution >= 4 is 12.0 Å². The molecule has 86 valence electrons. The van der Waals surface area contributed by atoms with Gasteiger partial charge in [0, 0.05) is 19.1 Å². The highest BCUT2D eigenvalue weighted by molar-refractivity contribution is 5.75. The minimum atomic E-state index is -0.776. The fourth-order valence-electron chi connectivity index (χ4n) is 1.76. The van der Waals surface area contributed by atoms with Crippen LogP contribution in [0, 0.1) is 5.92 Å². The molecular weight excluding hydrogens is 198 g/mol. The second kappa shape index (κ2) is 5.55. The van der Waals surface area contributed by atoms with Gasteiger partial charge in [-0.3, -0.25) is 4.79 Å². The number of aliphatic carboxylic acids is 1. The minimum Gasteiger partial charge on any atom is -0.481 e. The molecule has 0 heterocycles. The molecule has 0 aromatic heterocycles. The molecule has 0 radical (unpaired) electrons. The van der Waals surface area contributed by atoms with Crippen LogP contribution in [0.3, 0.4) is 0 Å². The van der Waals surface area contributed by atoms with Gasteiger partial charge < -0.3 is 21.5 Å². The Hall–Kier alpha value is -1.30. The minimum absolute atomic E-state index is 0.0242. The smallest absolute Gasteiger partial charge is 0.315 e. The van der Waals surface area contributed by atoms with E-state index in [2.05, 4.69) is 10.6 Å². The van der Waals surface area contributed by atoms with Gasteiger partial charge in [-0.2, -0.15) is 0 Å². The second-order valence-corrected chi connectivity index (χ2v) is 3.73. The first-order valence-corrected chi connectivity index (χ1v) is 5.10. The summed E-state index contributed by atoms with van der Waals surface area (Å²) in [6, 6.07) is -0.291. The van der Waals surface area contributed by atoms with E-state index in [1.165, 1.54) is 0 Å². The Balaban J connectivity index is 2.23. The number of hydrogen-bond donors (Lipinski definition) is 4. The first kappa shape index (κ1) is 11.8. The van der Waals surface area contributed by atoms with Crippen LogP contribution in [0.25, 0.3) is 0 Å². The molecule has 1 aliphatic rings. The van der Waals surface area contributed by atoms with Gasteiger partial charge in [-0.15, -0.1) is 0 Å². The molecule has 5 N–H and O–H groups in total. The zero-order valence-electron chi connectivity index (χ0n) is 8.53. The van der Waals surface area contributed by atoms with Crippen LogP contribution in [0.2, 0.25) is 0 Å². The van der Waals surface area contributed by atoms with Crippen molar-refractivity contribution in [3.63, 3.8) is 0 Å². The molecule has 6 heteroatoms. The first-order chi connectivity index (χ1) is 7.13. The molecule has 1 fully saturated rings. The van der Waals surface area contributed by atoms with Crippen molar-refractivity contribution < 1.29 is 14.7 Å². The zero-order valence-corrected chi connectivity index (χ0v) is 8.53. The normalized spacial score (nSPS) is 24.9. The average molecular weight is 215 g/mol. The zero-order chi connectivity index (χ0) is 11.3. The van der Waals surface area contributed by atoms with Gasteiger partial charge in [-0.05, 0) is 19.3 Å². The van der Waals surface area contributed by atoms with E-state index in [1.807, 2.05) is 0 Å². The van der Waals surface area contributed by atoms with Crippen LogP contribution in [0.1, 0.15) is 19.3 Å². The van der Waals surface area contributed by atoms with Crippen LogP contribution in [0.4, 0.5) is 4.79 Å². The molecule has 1 saturated carbocycles. The van der Waals surface area contributed by atoms with Gasteiger partial charge >= 0.3 is 12.0 Å². The second-order valence-electron chi connectivity index (χ2n) is 3.73. The summed E-state index contributed by atoms with van der Waals surface area (Å²) in [5.74, 6) is -1.09. The number of carboxylic acid groups (broad SMARTS) is 1. The van der Waals surface area contributed by atoms with Gasteiger partial charge in [-0.1, -0.05) is 0 Å². The molecule has 0 aromatic rings. The van der Waals surface area contributed by atoms with Crippen LogP contribution in [0.5, 0.6) is 0 Å². The number of carboxylic acids is 1. The predicted molar refractivity (Wildman–Crippen MR) is 54.4 cm³/mol. The summed E-state index contributed by atoms with van der Waals surface area (Å²) in [6.07, 6.45) is 1.88. The number of rotatable bonds is 4. The van der Waals surface area contributed by atoms with E-state index in [0.717, 1.165) is 6.42 Å². The number of hydrogen-bond acceptors (Lipinski definition) is 3. The van der Waals surface area contributed by atoms with Crippen LogP contribution in [-0.4, -0.2) is 36.2 Å². The molecule has 15 heavy (non-hydrogen) atoms. The Kier molecular flexibility index (Phi) is 4.36. The molecule has 0 bridgehead atoms. The maximum absolute atomic E-state index is 11.2. The number of urea groups is 1. The molecule has 2 amide bonds. The van der Waals surface area contributed by atoms with Crippen molar-refractivity contribution in [3.8, 4) is 0 Å². The Morgan fingerprint density at radius 2 is 2.13 bits per heavy atom. The number of carbonyl (C=O) groups is 2. The third-order valence-electron chi connectivity index (χ3n) is 2.55. The Bertz CT molecular complexity index is 245. The average Bonchev–Trinajstić information content (AvgIpc) is 2.63. The fourth-order valence-corrected chi connectivity index (χ4v) is 1.76. The van der Waals surface area contributed by atoms with E-state index >= 15 is 0 Å². The molecule has 0 unspecified atom stereocenters. The number of carbonyl (C=O) groups excluding carboxylic acids is 1. The third-order valence-corrected chi connectivity index (χ3v) is 2.55.